The Kier molecular flexibility index (Phi) is 2.84. The molecule has 1 aliphatic rings. The topological polar surface area (TPSA) is 21.8 Å². The molecule has 1 atom stereocenters. The number of epoxide rings is 1. The van der Waals surface area contributed by atoms with Crippen LogP contribution in [0.4, 0.5) is 0 Å². The normalized spacial score (nSPS) is 19.0. The summed E-state index contributed by atoms with van der Waals surface area (Å²) in [6.07, 6.45) is 3.13. The van der Waals surface area contributed by atoms with Crippen molar-refractivity contribution < 1.29 is 9.47 Å². The van der Waals surface area contributed by atoms with Crippen LogP contribution in [0.3, 0.4) is 0 Å². The second kappa shape index (κ2) is 4.29. The molecule has 1 aromatic rings. The molecule has 1 saturated heterocycles. The molecule has 0 saturated carbocycles. The van der Waals surface area contributed by atoms with Crippen molar-refractivity contribution in [3.8, 4) is 5.75 Å². The van der Waals surface area contributed by atoms with E-state index in [0.29, 0.717) is 12.7 Å². The Labute approximate surface area is 84.2 Å². The molecule has 14 heavy (non-hydrogen) atoms. The summed E-state index contributed by atoms with van der Waals surface area (Å²) in [6.45, 7) is 5.21. The third-order valence-electron chi connectivity index (χ3n) is 2.14. The minimum absolute atomic E-state index is 0.322. The van der Waals surface area contributed by atoms with E-state index in [1.807, 2.05) is 18.2 Å². The number of rotatable bonds is 5. The van der Waals surface area contributed by atoms with Crippen LogP contribution in [0.25, 0.3) is 0 Å². The smallest absolute Gasteiger partial charge is 0.119 e. The number of benzene rings is 1. The summed E-state index contributed by atoms with van der Waals surface area (Å²) in [7, 11) is 0. The number of allylic oxidation sites excluding steroid dienone is 1. The zero-order valence-electron chi connectivity index (χ0n) is 8.11. The van der Waals surface area contributed by atoms with E-state index in [2.05, 4.69) is 18.7 Å². The first-order valence-electron chi connectivity index (χ1n) is 4.83. The van der Waals surface area contributed by atoms with Gasteiger partial charge in [-0.2, -0.15) is 0 Å². The predicted molar refractivity (Wildman–Crippen MR) is 55.6 cm³/mol. The summed E-state index contributed by atoms with van der Waals surface area (Å²) >= 11 is 0. The maximum Gasteiger partial charge on any atom is 0.119 e. The molecule has 2 nitrogen and oxygen atoms in total. The first kappa shape index (κ1) is 9.28. The SMILES string of the molecule is C=CCc1ccc(OC[C@@H]2CO2)cc1. The molecule has 1 fully saturated rings. The summed E-state index contributed by atoms with van der Waals surface area (Å²) in [5.41, 5.74) is 1.26. The zero-order valence-corrected chi connectivity index (χ0v) is 8.11. The van der Waals surface area contributed by atoms with Gasteiger partial charge in [-0.3, -0.25) is 0 Å². The monoisotopic (exact) mass is 190 g/mol. The van der Waals surface area contributed by atoms with Gasteiger partial charge in [-0.25, -0.2) is 0 Å². The molecule has 0 unspecified atom stereocenters. The average molecular weight is 190 g/mol. The fourth-order valence-electron chi connectivity index (χ4n) is 1.24. The van der Waals surface area contributed by atoms with Crippen LogP contribution in [0.15, 0.2) is 36.9 Å². The molecule has 0 radical (unpaired) electrons. The highest BCUT2D eigenvalue weighted by atomic mass is 16.6. The van der Waals surface area contributed by atoms with Crippen molar-refractivity contribution in [3.63, 3.8) is 0 Å². The summed E-state index contributed by atoms with van der Waals surface area (Å²) < 4.78 is 10.6. The first-order chi connectivity index (χ1) is 6.88. The van der Waals surface area contributed by atoms with E-state index in [9.17, 15) is 0 Å². The molecule has 2 heteroatoms. The van der Waals surface area contributed by atoms with E-state index in [1.165, 1.54) is 5.56 Å². The Bertz CT molecular complexity index is 299. The van der Waals surface area contributed by atoms with E-state index in [1.54, 1.807) is 0 Å². The fraction of sp³-hybridized carbons (Fsp3) is 0.333. The van der Waals surface area contributed by atoms with Crippen LogP contribution in [0.1, 0.15) is 5.56 Å². The third-order valence-corrected chi connectivity index (χ3v) is 2.14. The molecule has 0 aromatic heterocycles. The zero-order chi connectivity index (χ0) is 9.80. The van der Waals surface area contributed by atoms with Crippen LogP contribution in [0.5, 0.6) is 5.75 Å². The average Bonchev–Trinajstić information content (AvgIpc) is 3.01. The van der Waals surface area contributed by atoms with Crippen molar-refractivity contribution in [2.75, 3.05) is 13.2 Å². The van der Waals surface area contributed by atoms with E-state index in [-0.39, 0.29) is 0 Å². The molecular formula is C12H14O2. The summed E-state index contributed by atoms with van der Waals surface area (Å²) in [6, 6.07) is 8.10. The lowest BCUT2D eigenvalue weighted by atomic mass is 10.1. The van der Waals surface area contributed by atoms with Gasteiger partial charge in [0.2, 0.25) is 0 Å². The summed E-state index contributed by atoms with van der Waals surface area (Å²) in [5.74, 6) is 0.910. The minimum Gasteiger partial charge on any atom is -0.491 e. The van der Waals surface area contributed by atoms with Crippen molar-refractivity contribution in [2.45, 2.75) is 12.5 Å². The molecule has 0 amide bonds. The lowest BCUT2D eigenvalue weighted by molar-refractivity contribution is 0.263. The van der Waals surface area contributed by atoms with Crippen molar-refractivity contribution in [3.05, 3.63) is 42.5 Å². The molecule has 0 N–H and O–H groups in total. The maximum atomic E-state index is 5.51. The van der Waals surface area contributed by atoms with Crippen LogP contribution >= 0.6 is 0 Å². The number of hydrogen-bond acceptors (Lipinski definition) is 2. The molecule has 0 spiro atoms. The number of ether oxygens (including phenoxy) is 2. The van der Waals surface area contributed by atoms with E-state index >= 15 is 0 Å². The Balaban J connectivity index is 1.87. The van der Waals surface area contributed by atoms with Gasteiger partial charge in [-0.05, 0) is 24.1 Å². The van der Waals surface area contributed by atoms with Gasteiger partial charge >= 0.3 is 0 Å². The van der Waals surface area contributed by atoms with Gasteiger partial charge in [0.05, 0.1) is 6.61 Å². The largest absolute Gasteiger partial charge is 0.491 e. The highest BCUT2D eigenvalue weighted by Crippen LogP contribution is 2.15. The van der Waals surface area contributed by atoms with Crippen molar-refractivity contribution in [1.29, 1.82) is 0 Å². The standard InChI is InChI=1S/C12H14O2/c1-2-3-10-4-6-11(7-5-10)13-8-12-9-14-12/h2,4-7,12H,1,3,8-9H2/t12-/m1/s1. The molecule has 1 heterocycles. The molecule has 0 aliphatic carbocycles. The highest BCUT2D eigenvalue weighted by Gasteiger charge is 2.22. The van der Waals surface area contributed by atoms with Gasteiger partial charge in [-0.1, -0.05) is 18.2 Å². The van der Waals surface area contributed by atoms with Gasteiger partial charge in [0.1, 0.15) is 18.5 Å². The maximum absolute atomic E-state index is 5.51. The predicted octanol–water partition coefficient (Wildman–Crippen LogP) is 2.19. The van der Waals surface area contributed by atoms with Crippen LogP contribution in [0, 0.1) is 0 Å². The fourth-order valence-corrected chi connectivity index (χ4v) is 1.24. The first-order valence-corrected chi connectivity index (χ1v) is 4.83. The quantitative estimate of drug-likeness (QED) is 0.524. The molecule has 2 rings (SSSR count). The lowest BCUT2D eigenvalue weighted by Crippen LogP contribution is -2.03. The second-order valence-electron chi connectivity index (χ2n) is 3.40. The van der Waals surface area contributed by atoms with Gasteiger partial charge in [0, 0.05) is 0 Å². The van der Waals surface area contributed by atoms with Crippen molar-refractivity contribution in [1.82, 2.24) is 0 Å². The molecular weight excluding hydrogens is 176 g/mol. The van der Waals surface area contributed by atoms with Gasteiger partial charge in [-0.15, -0.1) is 6.58 Å². The lowest BCUT2D eigenvalue weighted by Gasteiger charge is -2.04. The van der Waals surface area contributed by atoms with Gasteiger partial charge in [0.25, 0.3) is 0 Å². The highest BCUT2D eigenvalue weighted by molar-refractivity contribution is 5.28. The molecule has 1 aliphatic heterocycles. The van der Waals surface area contributed by atoms with Gasteiger partial charge in [0.15, 0.2) is 0 Å². The summed E-state index contributed by atoms with van der Waals surface area (Å²) in [5, 5.41) is 0. The van der Waals surface area contributed by atoms with Crippen molar-refractivity contribution >= 4 is 0 Å². The Morgan fingerprint density at radius 1 is 1.43 bits per heavy atom. The van der Waals surface area contributed by atoms with Crippen LogP contribution in [0.2, 0.25) is 0 Å². The second-order valence-corrected chi connectivity index (χ2v) is 3.40. The summed E-state index contributed by atoms with van der Waals surface area (Å²) in [4.78, 5) is 0. The van der Waals surface area contributed by atoms with Crippen LogP contribution in [-0.2, 0) is 11.2 Å². The van der Waals surface area contributed by atoms with E-state index < -0.39 is 0 Å². The Morgan fingerprint density at radius 2 is 2.14 bits per heavy atom. The van der Waals surface area contributed by atoms with E-state index in [4.69, 9.17) is 9.47 Å². The molecule has 1 aromatic carbocycles. The minimum atomic E-state index is 0.322. The molecule has 74 valence electrons. The van der Waals surface area contributed by atoms with Gasteiger partial charge < -0.3 is 9.47 Å². The van der Waals surface area contributed by atoms with Crippen LogP contribution in [-0.4, -0.2) is 19.3 Å². The number of hydrogen-bond donors (Lipinski definition) is 0. The van der Waals surface area contributed by atoms with Crippen LogP contribution < -0.4 is 4.74 Å². The Hall–Kier alpha value is -1.28. The molecule has 0 bridgehead atoms. The van der Waals surface area contributed by atoms with Crippen molar-refractivity contribution in [2.24, 2.45) is 0 Å². The third kappa shape index (κ3) is 2.60. The Morgan fingerprint density at radius 3 is 2.71 bits per heavy atom. The van der Waals surface area contributed by atoms with E-state index in [0.717, 1.165) is 18.8 Å².